The van der Waals surface area contributed by atoms with Gasteiger partial charge < -0.3 is 15.4 Å². The van der Waals surface area contributed by atoms with E-state index in [1.165, 1.54) is 0 Å². The molecule has 0 saturated carbocycles. The van der Waals surface area contributed by atoms with Crippen LogP contribution in [0.25, 0.3) is 0 Å². The largest absolute Gasteiger partial charge is 0.461 e. The van der Waals surface area contributed by atoms with Crippen LogP contribution in [0, 0.1) is 0 Å². The highest BCUT2D eigenvalue weighted by atomic mass is 16.5. The number of amides is 1. The maximum Gasteiger partial charge on any atom is 0.308 e. The Bertz CT molecular complexity index is 446. The highest BCUT2D eigenvalue weighted by molar-refractivity contribution is 5.86. The molecule has 1 rings (SSSR count). The standard InChI is InChI=1S/C15H20N2O3/c1-3-9-17-15(19)13(16-2)10-14(18)20-11-12-7-5-4-6-8-12/h3-8,13,16H,1,9-11H2,2H3,(H,17,19)/t13-/m1/s1. The highest BCUT2D eigenvalue weighted by Gasteiger charge is 2.20. The van der Waals surface area contributed by atoms with Gasteiger partial charge in [-0.3, -0.25) is 9.59 Å². The Kier molecular flexibility index (Phi) is 7.06. The molecule has 1 atom stereocenters. The van der Waals surface area contributed by atoms with Crippen LogP contribution in [0.3, 0.4) is 0 Å². The Labute approximate surface area is 119 Å². The van der Waals surface area contributed by atoms with Gasteiger partial charge in [-0.1, -0.05) is 36.4 Å². The average molecular weight is 276 g/mol. The maximum absolute atomic E-state index is 11.7. The molecule has 0 aliphatic carbocycles. The Morgan fingerprint density at radius 3 is 2.65 bits per heavy atom. The molecule has 0 aliphatic heterocycles. The van der Waals surface area contributed by atoms with Crippen LogP contribution in [0.1, 0.15) is 12.0 Å². The van der Waals surface area contributed by atoms with E-state index in [9.17, 15) is 9.59 Å². The first-order valence-electron chi connectivity index (χ1n) is 6.42. The SMILES string of the molecule is C=CCNC(=O)[C@@H](CC(=O)OCc1ccccc1)NC. The second-order valence-electron chi connectivity index (χ2n) is 4.23. The number of likely N-dealkylation sites (N-methyl/N-ethyl adjacent to an activating group) is 1. The zero-order valence-electron chi connectivity index (χ0n) is 11.6. The smallest absolute Gasteiger partial charge is 0.308 e. The third-order valence-electron chi connectivity index (χ3n) is 2.70. The van der Waals surface area contributed by atoms with Gasteiger partial charge in [0.05, 0.1) is 12.5 Å². The Morgan fingerprint density at radius 1 is 1.35 bits per heavy atom. The van der Waals surface area contributed by atoms with Crippen LogP contribution in [0.15, 0.2) is 43.0 Å². The van der Waals surface area contributed by atoms with Crippen molar-refractivity contribution < 1.29 is 14.3 Å². The first-order chi connectivity index (χ1) is 9.67. The lowest BCUT2D eigenvalue weighted by atomic mass is 10.2. The van der Waals surface area contributed by atoms with Gasteiger partial charge >= 0.3 is 5.97 Å². The van der Waals surface area contributed by atoms with Crippen LogP contribution < -0.4 is 10.6 Å². The van der Waals surface area contributed by atoms with Crippen molar-refractivity contribution in [3.05, 3.63) is 48.6 Å². The van der Waals surface area contributed by atoms with Crippen LogP contribution in [-0.2, 0) is 20.9 Å². The summed E-state index contributed by atoms with van der Waals surface area (Å²) in [6, 6.07) is 8.80. The molecule has 0 fully saturated rings. The zero-order valence-corrected chi connectivity index (χ0v) is 11.6. The lowest BCUT2D eigenvalue weighted by Crippen LogP contribution is -2.44. The van der Waals surface area contributed by atoms with Crippen molar-refractivity contribution in [2.75, 3.05) is 13.6 Å². The van der Waals surface area contributed by atoms with Crippen molar-refractivity contribution in [3.8, 4) is 0 Å². The Hall–Kier alpha value is -2.14. The summed E-state index contributed by atoms with van der Waals surface area (Å²) in [4.78, 5) is 23.4. The predicted octanol–water partition coefficient (Wildman–Crippen LogP) is 1.01. The molecule has 1 aromatic rings. The van der Waals surface area contributed by atoms with Gasteiger partial charge in [0.1, 0.15) is 6.61 Å². The topological polar surface area (TPSA) is 67.4 Å². The van der Waals surface area contributed by atoms with E-state index in [1.54, 1.807) is 13.1 Å². The molecule has 0 aromatic heterocycles. The molecule has 5 nitrogen and oxygen atoms in total. The van der Waals surface area contributed by atoms with Gasteiger partial charge in [0.2, 0.25) is 5.91 Å². The number of esters is 1. The highest BCUT2D eigenvalue weighted by Crippen LogP contribution is 2.03. The molecule has 2 N–H and O–H groups in total. The molecule has 0 unspecified atom stereocenters. The fourth-order valence-corrected chi connectivity index (χ4v) is 1.59. The normalized spacial score (nSPS) is 11.4. The third kappa shape index (κ3) is 5.67. The zero-order chi connectivity index (χ0) is 14.8. The van der Waals surface area contributed by atoms with E-state index in [0.717, 1.165) is 5.56 Å². The van der Waals surface area contributed by atoms with Gasteiger partial charge in [-0.25, -0.2) is 0 Å². The Morgan fingerprint density at radius 2 is 2.05 bits per heavy atom. The van der Waals surface area contributed by atoms with Crippen LogP contribution in [0.5, 0.6) is 0 Å². The maximum atomic E-state index is 11.7. The van der Waals surface area contributed by atoms with Gasteiger partial charge in [0, 0.05) is 6.54 Å². The predicted molar refractivity (Wildman–Crippen MR) is 76.9 cm³/mol. The molecule has 0 aliphatic rings. The fraction of sp³-hybridized carbons (Fsp3) is 0.333. The molecule has 1 amide bonds. The van der Waals surface area contributed by atoms with Crippen molar-refractivity contribution in [3.63, 3.8) is 0 Å². The number of rotatable bonds is 8. The van der Waals surface area contributed by atoms with E-state index in [1.807, 2.05) is 30.3 Å². The number of carbonyl (C=O) groups is 2. The summed E-state index contributed by atoms with van der Waals surface area (Å²) in [5, 5.41) is 5.43. The molecule has 0 saturated heterocycles. The van der Waals surface area contributed by atoms with Crippen molar-refractivity contribution in [2.24, 2.45) is 0 Å². The van der Waals surface area contributed by atoms with E-state index in [2.05, 4.69) is 17.2 Å². The minimum Gasteiger partial charge on any atom is -0.461 e. The van der Waals surface area contributed by atoms with Crippen molar-refractivity contribution in [2.45, 2.75) is 19.1 Å². The van der Waals surface area contributed by atoms with Crippen LogP contribution in [0.2, 0.25) is 0 Å². The van der Waals surface area contributed by atoms with Gasteiger partial charge in [0.25, 0.3) is 0 Å². The lowest BCUT2D eigenvalue weighted by molar-refractivity contribution is -0.147. The number of carbonyl (C=O) groups excluding carboxylic acids is 2. The summed E-state index contributed by atoms with van der Waals surface area (Å²) >= 11 is 0. The quantitative estimate of drug-likeness (QED) is 0.549. The molecule has 5 heteroatoms. The summed E-state index contributed by atoms with van der Waals surface area (Å²) in [6.45, 7) is 4.10. The lowest BCUT2D eigenvalue weighted by Gasteiger charge is -2.14. The molecule has 0 bridgehead atoms. The molecule has 1 aromatic carbocycles. The molecule has 0 spiro atoms. The van der Waals surface area contributed by atoms with Gasteiger partial charge in [0.15, 0.2) is 0 Å². The second kappa shape index (κ2) is 8.87. The van der Waals surface area contributed by atoms with E-state index in [-0.39, 0.29) is 18.9 Å². The van der Waals surface area contributed by atoms with Crippen molar-refractivity contribution >= 4 is 11.9 Å². The van der Waals surface area contributed by atoms with Crippen LogP contribution in [0.4, 0.5) is 0 Å². The average Bonchev–Trinajstić information content (AvgIpc) is 2.49. The molecule has 20 heavy (non-hydrogen) atoms. The summed E-state index contributed by atoms with van der Waals surface area (Å²) in [7, 11) is 1.63. The van der Waals surface area contributed by atoms with Crippen LogP contribution >= 0.6 is 0 Å². The molecule has 0 radical (unpaired) electrons. The van der Waals surface area contributed by atoms with E-state index in [0.29, 0.717) is 6.54 Å². The fourth-order valence-electron chi connectivity index (χ4n) is 1.59. The van der Waals surface area contributed by atoms with Crippen LogP contribution in [-0.4, -0.2) is 31.5 Å². The molecule has 0 heterocycles. The molecular weight excluding hydrogens is 256 g/mol. The van der Waals surface area contributed by atoms with E-state index < -0.39 is 12.0 Å². The number of ether oxygens (including phenoxy) is 1. The summed E-state index contributed by atoms with van der Waals surface area (Å²) in [6.07, 6.45) is 1.57. The summed E-state index contributed by atoms with van der Waals surface area (Å²) < 4.78 is 5.14. The van der Waals surface area contributed by atoms with Crippen molar-refractivity contribution in [1.29, 1.82) is 0 Å². The second-order valence-corrected chi connectivity index (χ2v) is 4.23. The number of benzene rings is 1. The van der Waals surface area contributed by atoms with Crippen molar-refractivity contribution in [1.82, 2.24) is 10.6 Å². The first-order valence-corrected chi connectivity index (χ1v) is 6.42. The monoisotopic (exact) mass is 276 g/mol. The minimum absolute atomic E-state index is 0.00763. The first kappa shape index (κ1) is 15.9. The third-order valence-corrected chi connectivity index (χ3v) is 2.70. The molecule has 108 valence electrons. The van der Waals surface area contributed by atoms with E-state index >= 15 is 0 Å². The summed E-state index contributed by atoms with van der Waals surface area (Å²) in [5.74, 6) is -0.661. The number of hydrogen-bond acceptors (Lipinski definition) is 4. The minimum atomic E-state index is -0.599. The molecular formula is C15H20N2O3. The van der Waals surface area contributed by atoms with Gasteiger partial charge in [-0.15, -0.1) is 6.58 Å². The Balaban J connectivity index is 2.39. The van der Waals surface area contributed by atoms with Gasteiger partial charge in [-0.05, 0) is 12.6 Å². The van der Waals surface area contributed by atoms with E-state index in [4.69, 9.17) is 4.74 Å². The number of nitrogens with one attached hydrogen (secondary N) is 2. The number of hydrogen-bond donors (Lipinski definition) is 2. The summed E-state index contributed by atoms with van der Waals surface area (Å²) in [5.41, 5.74) is 0.915. The van der Waals surface area contributed by atoms with Gasteiger partial charge in [-0.2, -0.15) is 0 Å².